The van der Waals surface area contributed by atoms with Crippen LogP contribution in [0.3, 0.4) is 0 Å². The molecule has 0 fully saturated rings. The van der Waals surface area contributed by atoms with Crippen LogP contribution in [0, 0.1) is 0 Å². The van der Waals surface area contributed by atoms with Crippen molar-refractivity contribution in [2.24, 2.45) is 0 Å². The molecule has 0 radical (unpaired) electrons. The molecule has 0 amide bonds. The van der Waals surface area contributed by atoms with Crippen molar-refractivity contribution in [2.75, 3.05) is 0 Å². The zero-order chi connectivity index (χ0) is 11.2. The zero-order valence-electron chi connectivity index (χ0n) is 10.5. The summed E-state index contributed by atoms with van der Waals surface area (Å²) in [4.78, 5) is 0. The van der Waals surface area contributed by atoms with Crippen molar-refractivity contribution < 1.29 is 0 Å². The van der Waals surface area contributed by atoms with Crippen molar-refractivity contribution in [3.8, 4) is 0 Å². The average Bonchev–Trinajstić information content (AvgIpc) is 2.26. The number of allylic oxidation sites excluding steroid dienone is 3. The van der Waals surface area contributed by atoms with E-state index in [-0.39, 0.29) is 0 Å². The van der Waals surface area contributed by atoms with Gasteiger partial charge in [0.25, 0.3) is 0 Å². The van der Waals surface area contributed by atoms with Crippen LogP contribution >= 0.6 is 0 Å². The molecule has 0 nitrogen and oxygen atoms in total. The van der Waals surface area contributed by atoms with E-state index in [1.54, 1.807) is 0 Å². The first-order valence-electron chi connectivity index (χ1n) is 6.67. The quantitative estimate of drug-likeness (QED) is 0.304. The van der Waals surface area contributed by atoms with Crippen LogP contribution in [0.5, 0.6) is 0 Å². The van der Waals surface area contributed by atoms with Crippen molar-refractivity contribution in [1.29, 1.82) is 0 Å². The summed E-state index contributed by atoms with van der Waals surface area (Å²) in [6.07, 6.45) is 20.0. The lowest BCUT2D eigenvalue weighted by molar-refractivity contribution is 0.651. The van der Waals surface area contributed by atoms with E-state index in [4.69, 9.17) is 0 Å². The van der Waals surface area contributed by atoms with Gasteiger partial charge in [-0.05, 0) is 38.5 Å². The van der Waals surface area contributed by atoms with E-state index in [0.29, 0.717) is 0 Å². The molecule has 15 heavy (non-hydrogen) atoms. The Balaban J connectivity index is 2.99. The lowest BCUT2D eigenvalue weighted by Gasteiger charge is -1.96. The molecular weight excluding hydrogens is 180 g/mol. The molecule has 0 saturated carbocycles. The predicted octanol–water partition coefficient (Wildman–Crippen LogP) is 5.65. The van der Waals surface area contributed by atoms with Gasteiger partial charge in [-0.3, -0.25) is 0 Å². The highest BCUT2D eigenvalue weighted by atomic mass is 13.9. The van der Waals surface area contributed by atoms with Crippen LogP contribution in [0.2, 0.25) is 0 Å². The van der Waals surface area contributed by atoms with E-state index >= 15 is 0 Å². The maximum atomic E-state index is 3.73. The van der Waals surface area contributed by atoms with E-state index in [1.807, 2.05) is 6.08 Å². The summed E-state index contributed by atoms with van der Waals surface area (Å²) >= 11 is 0. The normalized spacial score (nSPS) is 11.0. The van der Waals surface area contributed by atoms with Crippen molar-refractivity contribution in [1.82, 2.24) is 0 Å². The monoisotopic (exact) mass is 208 g/mol. The molecular formula is C15H28. The molecule has 88 valence electrons. The smallest absolute Gasteiger partial charge is 0.0351 e. The summed E-state index contributed by atoms with van der Waals surface area (Å²) in [6.45, 7) is 5.99. The second kappa shape index (κ2) is 13.5. The number of hydrogen-bond donors (Lipinski definition) is 0. The van der Waals surface area contributed by atoms with Crippen LogP contribution in [0.25, 0.3) is 0 Å². The van der Waals surface area contributed by atoms with Crippen LogP contribution in [0.15, 0.2) is 24.8 Å². The second-order valence-corrected chi connectivity index (χ2v) is 4.25. The molecule has 0 saturated heterocycles. The summed E-state index contributed by atoms with van der Waals surface area (Å²) in [5, 5.41) is 0. The van der Waals surface area contributed by atoms with Crippen molar-refractivity contribution in [3.63, 3.8) is 0 Å². The fourth-order valence-corrected chi connectivity index (χ4v) is 1.65. The number of rotatable bonds is 11. The Hall–Kier alpha value is -0.520. The third kappa shape index (κ3) is 13.5. The SMILES string of the molecule is C=CCCCCCCC=CCCCCC. The van der Waals surface area contributed by atoms with Crippen molar-refractivity contribution in [3.05, 3.63) is 24.8 Å². The van der Waals surface area contributed by atoms with Crippen molar-refractivity contribution >= 4 is 0 Å². The highest BCUT2D eigenvalue weighted by Crippen LogP contribution is 2.07. The van der Waals surface area contributed by atoms with Gasteiger partial charge >= 0.3 is 0 Å². The van der Waals surface area contributed by atoms with E-state index in [2.05, 4.69) is 25.7 Å². The summed E-state index contributed by atoms with van der Waals surface area (Å²) in [5.41, 5.74) is 0. The molecule has 0 N–H and O–H groups in total. The van der Waals surface area contributed by atoms with Gasteiger partial charge in [0.2, 0.25) is 0 Å². The third-order valence-electron chi connectivity index (χ3n) is 2.67. The van der Waals surface area contributed by atoms with E-state index in [0.717, 1.165) is 0 Å². The third-order valence-corrected chi connectivity index (χ3v) is 2.67. The van der Waals surface area contributed by atoms with Gasteiger partial charge in [-0.1, -0.05) is 50.8 Å². The second-order valence-electron chi connectivity index (χ2n) is 4.25. The van der Waals surface area contributed by atoms with Gasteiger partial charge < -0.3 is 0 Å². The van der Waals surface area contributed by atoms with E-state index in [9.17, 15) is 0 Å². The largest absolute Gasteiger partial charge is 0.103 e. The first-order chi connectivity index (χ1) is 7.41. The van der Waals surface area contributed by atoms with Crippen LogP contribution in [-0.2, 0) is 0 Å². The molecule has 0 heterocycles. The molecule has 0 heteroatoms. The number of unbranched alkanes of at least 4 members (excludes halogenated alkanes) is 8. The van der Waals surface area contributed by atoms with Crippen LogP contribution < -0.4 is 0 Å². The summed E-state index contributed by atoms with van der Waals surface area (Å²) < 4.78 is 0. The van der Waals surface area contributed by atoms with E-state index < -0.39 is 0 Å². The zero-order valence-corrected chi connectivity index (χ0v) is 10.5. The fourth-order valence-electron chi connectivity index (χ4n) is 1.65. The summed E-state index contributed by atoms with van der Waals surface area (Å²) in [5.74, 6) is 0. The Bertz CT molecular complexity index is 144. The Morgan fingerprint density at radius 2 is 1.27 bits per heavy atom. The lowest BCUT2D eigenvalue weighted by atomic mass is 10.1. The highest BCUT2D eigenvalue weighted by Gasteiger charge is 1.87. The summed E-state index contributed by atoms with van der Waals surface area (Å²) in [6, 6.07) is 0. The lowest BCUT2D eigenvalue weighted by Crippen LogP contribution is -1.76. The molecule has 0 aromatic carbocycles. The minimum Gasteiger partial charge on any atom is -0.103 e. The molecule has 0 bridgehead atoms. The Labute approximate surface area is 96.5 Å². The highest BCUT2D eigenvalue weighted by molar-refractivity contribution is 4.81. The molecule has 0 rings (SSSR count). The minimum atomic E-state index is 1.19. The van der Waals surface area contributed by atoms with Crippen LogP contribution in [-0.4, -0.2) is 0 Å². The van der Waals surface area contributed by atoms with E-state index in [1.165, 1.54) is 64.2 Å². The average molecular weight is 208 g/mol. The molecule has 0 spiro atoms. The summed E-state index contributed by atoms with van der Waals surface area (Å²) in [7, 11) is 0. The van der Waals surface area contributed by atoms with Gasteiger partial charge in [0.1, 0.15) is 0 Å². The first kappa shape index (κ1) is 14.5. The van der Waals surface area contributed by atoms with Gasteiger partial charge in [0, 0.05) is 0 Å². The Morgan fingerprint density at radius 1 is 0.733 bits per heavy atom. The molecule has 0 aromatic rings. The van der Waals surface area contributed by atoms with Crippen molar-refractivity contribution in [2.45, 2.75) is 71.1 Å². The molecule has 0 aliphatic rings. The fraction of sp³-hybridized carbons (Fsp3) is 0.733. The Morgan fingerprint density at radius 3 is 1.80 bits per heavy atom. The molecule has 0 atom stereocenters. The number of hydrogen-bond acceptors (Lipinski definition) is 0. The van der Waals surface area contributed by atoms with Gasteiger partial charge in [-0.25, -0.2) is 0 Å². The molecule has 0 aromatic heterocycles. The Kier molecular flexibility index (Phi) is 13.0. The van der Waals surface area contributed by atoms with Gasteiger partial charge in [-0.15, -0.1) is 6.58 Å². The maximum Gasteiger partial charge on any atom is -0.0351 e. The van der Waals surface area contributed by atoms with Gasteiger partial charge in [0.15, 0.2) is 0 Å². The predicted molar refractivity (Wildman–Crippen MR) is 71.2 cm³/mol. The maximum absolute atomic E-state index is 3.73. The van der Waals surface area contributed by atoms with Gasteiger partial charge in [0.05, 0.1) is 0 Å². The molecule has 0 aliphatic heterocycles. The standard InChI is InChI=1S/C15H28/c1-3-5-7-9-11-13-15-14-12-10-8-6-4-2/h3,12,14H,1,4-11,13,15H2,2H3. The van der Waals surface area contributed by atoms with Gasteiger partial charge in [-0.2, -0.15) is 0 Å². The van der Waals surface area contributed by atoms with Crippen LogP contribution in [0.1, 0.15) is 71.1 Å². The molecule has 0 aliphatic carbocycles. The minimum absolute atomic E-state index is 1.19. The van der Waals surface area contributed by atoms with Crippen LogP contribution in [0.4, 0.5) is 0 Å². The first-order valence-corrected chi connectivity index (χ1v) is 6.67. The topological polar surface area (TPSA) is 0 Å². The molecule has 0 unspecified atom stereocenters.